The molecule has 1 heterocycles. The Morgan fingerprint density at radius 3 is 2.07 bits per heavy atom. The summed E-state index contributed by atoms with van der Waals surface area (Å²) in [5.41, 5.74) is 3.41. The molecule has 0 fully saturated rings. The van der Waals surface area contributed by atoms with Crippen molar-refractivity contribution in [2.24, 2.45) is 0 Å². The van der Waals surface area contributed by atoms with E-state index in [9.17, 15) is 4.79 Å². The lowest BCUT2D eigenvalue weighted by Crippen LogP contribution is -2.06. The number of nitrogens with one attached hydrogen (secondary N) is 2. The second kappa shape index (κ2) is 16.7. The number of benzene rings is 2. The van der Waals surface area contributed by atoms with Gasteiger partial charge < -0.3 is 10.6 Å². The van der Waals surface area contributed by atoms with Gasteiger partial charge in [0.05, 0.1) is 5.69 Å². The van der Waals surface area contributed by atoms with Crippen molar-refractivity contribution in [1.29, 1.82) is 0 Å². The first kappa shape index (κ1) is 26.8. The third-order valence-corrected chi connectivity index (χ3v) is 3.16. The normalized spacial score (nSPS) is 8.77. The molecular formula is C25H36N4O. The molecule has 30 heavy (non-hydrogen) atoms. The van der Waals surface area contributed by atoms with Crippen LogP contribution in [0.1, 0.15) is 54.9 Å². The molecule has 162 valence electrons. The summed E-state index contributed by atoms with van der Waals surface area (Å²) in [6, 6.07) is 19.2. The molecule has 5 nitrogen and oxygen atoms in total. The minimum Gasteiger partial charge on any atom is -0.326 e. The molecule has 0 unspecified atom stereocenters. The quantitative estimate of drug-likeness (QED) is 0.475. The third-order valence-electron chi connectivity index (χ3n) is 3.16. The van der Waals surface area contributed by atoms with Crippen LogP contribution in [0.3, 0.4) is 0 Å². The molecule has 2 aromatic carbocycles. The van der Waals surface area contributed by atoms with E-state index in [2.05, 4.69) is 34.4 Å². The highest BCUT2D eigenvalue weighted by Crippen LogP contribution is 2.21. The minimum absolute atomic E-state index is 0.107. The Balaban J connectivity index is 0.00000108. The molecule has 3 aromatic rings. The summed E-state index contributed by atoms with van der Waals surface area (Å²) >= 11 is 0. The second-order valence-electron chi connectivity index (χ2n) is 5.73. The lowest BCUT2D eigenvalue weighted by atomic mass is 10.1. The maximum atomic E-state index is 11.1. The molecule has 0 saturated heterocycles. The van der Waals surface area contributed by atoms with Gasteiger partial charge in [-0.2, -0.15) is 0 Å². The van der Waals surface area contributed by atoms with Crippen molar-refractivity contribution in [2.45, 2.75) is 54.9 Å². The molecule has 1 aromatic heterocycles. The molecule has 2 N–H and O–H groups in total. The molecule has 0 spiro atoms. The van der Waals surface area contributed by atoms with Gasteiger partial charge in [0, 0.05) is 30.1 Å². The predicted molar refractivity (Wildman–Crippen MR) is 130 cm³/mol. The predicted octanol–water partition coefficient (Wildman–Crippen LogP) is 7.31. The van der Waals surface area contributed by atoms with E-state index in [-0.39, 0.29) is 5.91 Å². The van der Waals surface area contributed by atoms with Crippen LogP contribution in [0.25, 0.3) is 11.3 Å². The van der Waals surface area contributed by atoms with Crippen LogP contribution >= 0.6 is 0 Å². The van der Waals surface area contributed by atoms with Gasteiger partial charge in [0.2, 0.25) is 11.9 Å². The van der Waals surface area contributed by atoms with Gasteiger partial charge in [0.15, 0.2) is 0 Å². The Hall–Kier alpha value is -3.21. The Morgan fingerprint density at radius 2 is 1.47 bits per heavy atom. The van der Waals surface area contributed by atoms with Crippen LogP contribution in [0.5, 0.6) is 0 Å². The molecule has 0 atom stereocenters. The molecule has 0 radical (unpaired) electrons. The number of anilines is 3. The van der Waals surface area contributed by atoms with Crippen molar-refractivity contribution in [3.8, 4) is 11.3 Å². The minimum atomic E-state index is -0.107. The Bertz CT molecular complexity index is 835. The molecule has 0 bridgehead atoms. The standard InChI is InChI=1S/C18H16N4O.C3H8.2C2H6/c1-13(23)20-15-8-5-9-16(12-15)21-18-19-11-10-17(22-18)14-6-3-2-4-7-14;1-3-2;2*1-2/h2-12H,1H3,(H,20,23)(H,19,21,22);3H2,1-2H3;2*1-2H3. The first-order chi connectivity index (χ1) is 14.6. The van der Waals surface area contributed by atoms with E-state index < -0.39 is 0 Å². The maximum Gasteiger partial charge on any atom is 0.227 e. The van der Waals surface area contributed by atoms with E-state index in [4.69, 9.17) is 0 Å². The summed E-state index contributed by atoms with van der Waals surface area (Å²) in [5.74, 6) is 0.399. The number of aromatic nitrogens is 2. The summed E-state index contributed by atoms with van der Waals surface area (Å²) in [4.78, 5) is 19.9. The van der Waals surface area contributed by atoms with Crippen LogP contribution < -0.4 is 10.6 Å². The summed E-state index contributed by atoms with van der Waals surface area (Å²) in [7, 11) is 0. The van der Waals surface area contributed by atoms with Gasteiger partial charge in [-0.05, 0) is 24.3 Å². The van der Waals surface area contributed by atoms with Gasteiger partial charge in [-0.1, -0.05) is 84.4 Å². The molecule has 3 rings (SSSR count). The average molecular weight is 409 g/mol. The van der Waals surface area contributed by atoms with Crippen molar-refractivity contribution in [3.63, 3.8) is 0 Å². The van der Waals surface area contributed by atoms with Gasteiger partial charge in [0.25, 0.3) is 0 Å². The fourth-order valence-electron chi connectivity index (χ4n) is 2.20. The topological polar surface area (TPSA) is 66.9 Å². The van der Waals surface area contributed by atoms with Crippen molar-refractivity contribution in [3.05, 3.63) is 66.9 Å². The number of carbonyl (C=O) groups excluding carboxylic acids is 1. The molecule has 0 aliphatic rings. The zero-order valence-corrected chi connectivity index (χ0v) is 19.4. The van der Waals surface area contributed by atoms with Crippen LogP contribution in [0.4, 0.5) is 17.3 Å². The number of hydrogen-bond donors (Lipinski definition) is 2. The Kier molecular flexibility index (Phi) is 14.9. The molecule has 0 aliphatic carbocycles. The largest absolute Gasteiger partial charge is 0.326 e. The van der Waals surface area contributed by atoms with E-state index >= 15 is 0 Å². The van der Waals surface area contributed by atoms with Crippen molar-refractivity contribution in [1.82, 2.24) is 9.97 Å². The molecule has 0 saturated carbocycles. The summed E-state index contributed by atoms with van der Waals surface area (Å²) < 4.78 is 0. The maximum absolute atomic E-state index is 11.1. The van der Waals surface area contributed by atoms with Crippen LogP contribution in [0, 0.1) is 0 Å². The summed E-state index contributed by atoms with van der Waals surface area (Å²) in [6.45, 7) is 13.7. The Morgan fingerprint density at radius 1 is 0.867 bits per heavy atom. The van der Waals surface area contributed by atoms with Crippen LogP contribution in [-0.2, 0) is 4.79 Å². The zero-order chi connectivity index (χ0) is 22.8. The monoisotopic (exact) mass is 408 g/mol. The van der Waals surface area contributed by atoms with Gasteiger partial charge >= 0.3 is 0 Å². The number of amides is 1. The van der Waals surface area contributed by atoms with Crippen molar-refractivity contribution >= 4 is 23.2 Å². The SMILES string of the molecule is CC.CC.CC(=O)Nc1cccc(Nc2nccc(-c3ccccc3)n2)c1.CCC. The van der Waals surface area contributed by atoms with Gasteiger partial charge in [-0.3, -0.25) is 4.79 Å². The molecular weight excluding hydrogens is 372 g/mol. The Labute approximate surface area is 182 Å². The van der Waals surface area contributed by atoms with E-state index in [1.807, 2.05) is 88.4 Å². The fraction of sp³-hybridized carbons (Fsp3) is 0.320. The third kappa shape index (κ3) is 10.4. The van der Waals surface area contributed by atoms with E-state index in [1.165, 1.54) is 13.3 Å². The summed E-state index contributed by atoms with van der Waals surface area (Å²) in [6.07, 6.45) is 2.97. The second-order valence-corrected chi connectivity index (χ2v) is 5.73. The van der Waals surface area contributed by atoms with Crippen LogP contribution in [0.15, 0.2) is 66.9 Å². The fourth-order valence-corrected chi connectivity index (χ4v) is 2.20. The smallest absolute Gasteiger partial charge is 0.227 e. The van der Waals surface area contributed by atoms with Crippen molar-refractivity contribution < 1.29 is 4.79 Å². The molecule has 1 amide bonds. The highest BCUT2D eigenvalue weighted by atomic mass is 16.1. The lowest BCUT2D eigenvalue weighted by molar-refractivity contribution is -0.114. The number of nitrogens with zero attached hydrogens (tertiary/aromatic N) is 2. The van der Waals surface area contributed by atoms with E-state index in [1.54, 1.807) is 6.20 Å². The molecule has 5 heteroatoms. The van der Waals surface area contributed by atoms with E-state index in [0.29, 0.717) is 5.95 Å². The zero-order valence-electron chi connectivity index (χ0n) is 19.4. The first-order valence-electron chi connectivity index (χ1n) is 10.7. The summed E-state index contributed by atoms with van der Waals surface area (Å²) in [5, 5.41) is 5.90. The highest BCUT2D eigenvalue weighted by molar-refractivity contribution is 5.89. The number of hydrogen-bond acceptors (Lipinski definition) is 4. The highest BCUT2D eigenvalue weighted by Gasteiger charge is 2.03. The first-order valence-corrected chi connectivity index (χ1v) is 10.7. The average Bonchev–Trinajstić information content (AvgIpc) is 2.78. The number of rotatable bonds is 4. The van der Waals surface area contributed by atoms with Gasteiger partial charge in [0.1, 0.15) is 0 Å². The van der Waals surface area contributed by atoms with Crippen molar-refractivity contribution in [2.75, 3.05) is 10.6 Å². The van der Waals surface area contributed by atoms with Gasteiger partial charge in [-0.25, -0.2) is 9.97 Å². The van der Waals surface area contributed by atoms with E-state index in [0.717, 1.165) is 22.6 Å². The van der Waals surface area contributed by atoms with Crippen LogP contribution in [0.2, 0.25) is 0 Å². The number of carbonyl (C=O) groups is 1. The van der Waals surface area contributed by atoms with Gasteiger partial charge in [-0.15, -0.1) is 0 Å². The lowest BCUT2D eigenvalue weighted by Gasteiger charge is -2.08. The van der Waals surface area contributed by atoms with Crippen LogP contribution in [-0.4, -0.2) is 15.9 Å². The molecule has 0 aliphatic heterocycles.